The quantitative estimate of drug-likeness (QED) is 0.820. The third-order valence-corrected chi connectivity index (χ3v) is 2.96. The van der Waals surface area contributed by atoms with Crippen molar-refractivity contribution in [2.24, 2.45) is 0 Å². The summed E-state index contributed by atoms with van der Waals surface area (Å²) in [6.07, 6.45) is 1.93. The lowest BCUT2D eigenvalue weighted by Crippen LogP contribution is -2.49. The van der Waals surface area contributed by atoms with Crippen LogP contribution in [-0.2, 0) is 13.0 Å². The topological polar surface area (TPSA) is 54.2 Å². The van der Waals surface area contributed by atoms with E-state index in [0.29, 0.717) is 6.04 Å². The van der Waals surface area contributed by atoms with Crippen molar-refractivity contribution in [3.8, 4) is 0 Å². The summed E-state index contributed by atoms with van der Waals surface area (Å²) in [7, 11) is 0. The molecule has 0 aliphatic carbocycles. The number of nitrogens with one attached hydrogen (secondary N) is 1. The van der Waals surface area contributed by atoms with E-state index in [-0.39, 0.29) is 0 Å². The van der Waals surface area contributed by atoms with Gasteiger partial charge in [-0.3, -0.25) is 4.90 Å². The molecule has 0 amide bonds. The van der Waals surface area contributed by atoms with Gasteiger partial charge in [0.25, 0.3) is 0 Å². The molecule has 1 aromatic rings. The molecule has 0 bridgehead atoms. The summed E-state index contributed by atoms with van der Waals surface area (Å²) in [5, 5.41) is 7.39. The highest BCUT2D eigenvalue weighted by atomic mass is 16.5. The summed E-state index contributed by atoms with van der Waals surface area (Å²) in [5.74, 6) is 1.58. The van der Waals surface area contributed by atoms with Gasteiger partial charge in [-0.15, -0.1) is 0 Å². The summed E-state index contributed by atoms with van der Waals surface area (Å²) in [4.78, 5) is 6.77. The van der Waals surface area contributed by atoms with Gasteiger partial charge in [-0.2, -0.15) is 4.98 Å². The van der Waals surface area contributed by atoms with Crippen LogP contribution in [0.2, 0.25) is 0 Å². The van der Waals surface area contributed by atoms with Crippen LogP contribution in [0.5, 0.6) is 0 Å². The number of piperazine rings is 1. The van der Waals surface area contributed by atoms with Gasteiger partial charge in [0, 0.05) is 32.1 Å². The molecule has 5 heteroatoms. The van der Waals surface area contributed by atoms with Crippen molar-refractivity contribution in [2.75, 3.05) is 19.6 Å². The zero-order valence-corrected chi connectivity index (χ0v) is 10.1. The average molecular weight is 224 g/mol. The molecule has 1 fully saturated rings. The number of aryl methyl sites for hydroxylation is 1. The zero-order valence-electron chi connectivity index (χ0n) is 10.1. The lowest BCUT2D eigenvalue weighted by molar-refractivity contribution is 0.160. The molecule has 1 aliphatic heterocycles. The number of rotatable bonds is 4. The third kappa shape index (κ3) is 2.80. The molecule has 1 N–H and O–H groups in total. The predicted octanol–water partition coefficient (Wildman–Crippen LogP) is 0.816. The molecule has 2 rings (SSSR count). The van der Waals surface area contributed by atoms with Crippen LogP contribution >= 0.6 is 0 Å². The first-order valence-electron chi connectivity index (χ1n) is 6.06. The van der Waals surface area contributed by atoms with Gasteiger partial charge < -0.3 is 9.84 Å². The fraction of sp³-hybridized carbons (Fsp3) is 0.818. The molecule has 0 aromatic carbocycles. The standard InChI is InChI=1S/C11H20N4O/c1-3-4-11-13-10(14-16-11)8-15-6-5-12-7-9(15)2/h9,12H,3-8H2,1-2H3/t9-/m0/s1. The van der Waals surface area contributed by atoms with Crippen molar-refractivity contribution in [1.82, 2.24) is 20.4 Å². The van der Waals surface area contributed by atoms with E-state index >= 15 is 0 Å². The minimum absolute atomic E-state index is 0.543. The maximum absolute atomic E-state index is 5.18. The maximum atomic E-state index is 5.18. The Balaban J connectivity index is 1.91. The van der Waals surface area contributed by atoms with Crippen LogP contribution in [0.15, 0.2) is 4.52 Å². The molecule has 0 spiro atoms. The Morgan fingerprint density at radius 1 is 1.56 bits per heavy atom. The smallest absolute Gasteiger partial charge is 0.226 e. The molecule has 5 nitrogen and oxygen atoms in total. The van der Waals surface area contributed by atoms with E-state index in [1.807, 2.05) is 0 Å². The molecule has 90 valence electrons. The maximum Gasteiger partial charge on any atom is 0.226 e. The van der Waals surface area contributed by atoms with Crippen molar-refractivity contribution in [3.63, 3.8) is 0 Å². The van der Waals surface area contributed by atoms with E-state index in [4.69, 9.17) is 4.52 Å². The van der Waals surface area contributed by atoms with Gasteiger partial charge in [0.1, 0.15) is 0 Å². The number of nitrogens with zero attached hydrogens (tertiary/aromatic N) is 3. The molecule has 2 heterocycles. The van der Waals surface area contributed by atoms with Gasteiger partial charge in [-0.05, 0) is 13.3 Å². The Morgan fingerprint density at radius 3 is 3.19 bits per heavy atom. The van der Waals surface area contributed by atoms with Crippen LogP contribution in [0.1, 0.15) is 32.0 Å². The van der Waals surface area contributed by atoms with E-state index in [0.717, 1.165) is 50.7 Å². The van der Waals surface area contributed by atoms with Crippen molar-refractivity contribution < 1.29 is 4.52 Å². The molecule has 16 heavy (non-hydrogen) atoms. The highest BCUT2D eigenvalue weighted by Crippen LogP contribution is 2.08. The van der Waals surface area contributed by atoms with Crippen molar-refractivity contribution in [2.45, 2.75) is 39.3 Å². The lowest BCUT2D eigenvalue weighted by atomic mass is 10.2. The predicted molar refractivity (Wildman–Crippen MR) is 61.0 cm³/mol. The first kappa shape index (κ1) is 11.5. The number of aromatic nitrogens is 2. The Kier molecular flexibility index (Phi) is 3.90. The fourth-order valence-corrected chi connectivity index (χ4v) is 1.97. The van der Waals surface area contributed by atoms with Gasteiger partial charge in [0.2, 0.25) is 5.89 Å². The van der Waals surface area contributed by atoms with Gasteiger partial charge >= 0.3 is 0 Å². The van der Waals surface area contributed by atoms with Crippen LogP contribution in [0.3, 0.4) is 0 Å². The summed E-state index contributed by atoms with van der Waals surface area (Å²) >= 11 is 0. The largest absolute Gasteiger partial charge is 0.339 e. The second-order valence-electron chi connectivity index (χ2n) is 4.38. The molecule has 0 saturated carbocycles. The van der Waals surface area contributed by atoms with Gasteiger partial charge in [0.15, 0.2) is 5.82 Å². The van der Waals surface area contributed by atoms with E-state index in [9.17, 15) is 0 Å². The van der Waals surface area contributed by atoms with Crippen LogP contribution in [-0.4, -0.2) is 40.7 Å². The minimum Gasteiger partial charge on any atom is -0.339 e. The Morgan fingerprint density at radius 2 is 2.44 bits per heavy atom. The molecule has 1 aromatic heterocycles. The summed E-state index contributed by atoms with van der Waals surface area (Å²) in [6, 6.07) is 0.543. The van der Waals surface area contributed by atoms with E-state index in [1.54, 1.807) is 0 Å². The number of hydrogen-bond acceptors (Lipinski definition) is 5. The first-order chi connectivity index (χ1) is 7.79. The lowest BCUT2D eigenvalue weighted by Gasteiger charge is -2.32. The Labute approximate surface area is 96.2 Å². The van der Waals surface area contributed by atoms with Crippen LogP contribution < -0.4 is 5.32 Å². The fourth-order valence-electron chi connectivity index (χ4n) is 1.97. The van der Waals surface area contributed by atoms with Crippen LogP contribution in [0.4, 0.5) is 0 Å². The molecule has 1 saturated heterocycles. The SMILES string of the molecule is CCCc1nc(CN2CCNC[C@@H]2C)no1. The van der Waals surface area contributed by atoms with Crippen molar-refractivity contribution in [1.29, 1.82) is 0 Å². The molecular formula is C11H20N4O. The Bertz CT molecular complexity index is 326. The molecule has 0 radical (unpaired) electrons. The third-order valence-electron chi connectivity index (χ3n) is 2.96. The highest BCUT2D eigenvalue weighted by molar-refractivity contribution is 4.88. The van der Waals surface area contributed by atoms with Gasteiger partial charge in [-0.25, -0.2) is 0 Å². The van der Waals surface area contributed by atoms with Crippen molar-refractivity contribution >= 4 is 0 Å². The second kappa shape index (κ2) is 5.41. The van der Waals surface area contributed by atoms with E-state index in [2.05, 4.69) is 34.2 Å². The van der Waals surface area contributed by atoms with Gasteiger partial charge in [0.05, 0.1) is 6.54 Å². The first-order valence-corrected chi connectivity index (χ1v) is 6.06. The summed E-state index contributed by atoms with van der Waals surface area (Å²) < 4.78 is 5.18. The average Bonchev–Trinajstić information content (AvgIpc) is 2.70. The van der Waals surface area contributed by atoms with Gasteiger partial charge in [-0.1, -0.05) is 12.1 Å². The number of hydrogen-bond donors (Lipinski definition) is 1. The van der Waals surface area contributed by atoms with E-state index < -0.39 is 0 Å². The highest BCUT2D eigenvalue weighted by Gasteiger charge is 2.19. The van der Waals surface area contributed by atoms with Crippen LogP contribution in [0, 0.1) is 0 Å². The zero-order chi connectivity index (χ0) is 11.4. The molecule has 1 atom stereocenters. The van der Waals surface area contributed by atoms with Crippen molar-refractivity contribution in [3.05, 3.63) is 11.7 Å². The molecule has 0 unspecified atom stereocenters. The minimum atomic E-state index is 0.543. The Hall–Kier alpha value is -0.940. The molecular weight excluding hydrogens is 204 g/mol. The molecule has 1 aliphatic rings. The summed E-state index contributed by atoms with van der Waals surface area (Å²) in [6.45, 7) is 8.28. The monoisotopic (exact) mass is 224 g/mol. The normalized spacial score (nSPS) is 22.5. The van der Waals surface area contributed by atoms with E-state index in [1.165, 1.54) is 0 Å². The summed E-state index contributed by atoms with van der Waals surface area (Å²) in [5.41, 5.74) is 0. The van der Waals surface area contributed by atoms with Crippen LogP contribution in [0.25, 0.3) is 0 Å². The second-order valence-corrected chi connectivity index (χ2v) is 4.38.